The summed E-state index contributed by atoms with van der Waals surface area (Å²) in [4.78, 5) is 0. The van der Waals surface area contributed by atoms with Gasteiger partial charge in [-0.2, -0.15) is 12.0 Å². The van der Waals surface area contributed by atoms with E-state index in [2.05, 4.69) is 12.0 Å². The maximum Gasteiger partial charge on any atom is 0.0783 e. The first-order valence-electron chi connectivity index (χ1n) is 1.35. The van der Waals surface area contributed by atoms with Gasteiger partial charge >= 0.3 is 0 Å². The molecule has 1 heterocycles. The highest BCUT2D eigenvalue weighted by molar-refractivity contribution is 8.19. The molecule has 0 fully saturated rings. The van der Waals surface area contributed by atoms with E-state index >= 15 is 0 Å². The Bertz CT molecular complexity index is 90.2. The molecule has 42 valence electrons. The third-order valence-electron chi connectivity index (χ3n) is 0.297. The summed E-state index contributed by atoms with van der Waals surface area (Å²) in [5, 5.41) is 0. The van der Waals surface area contributed by atoms with E-state index in [0.717, 1.165) is 12.1 Å². The van der Waals surface area contributed by atoms with Crippen LogP contribution in [0.15, 0.2) is 3.77 Å². The Morgan fingerprint density at radius 3 is 2.86 bits per heavy atom. The normalized spacial score (nSPS) is 31.9. The topological polar surface area (TPSA) is 59.5 Å². The van der Waals surface area contributed by atoms with Crippen LogP contribution >= 0.6 is 24.3 Å². The highest BCUT2D eigenvalue weighted by atomic mass is 32.3. The molecular formula is H2N3OS3-. The molecule has 1 atom stereocenters. The Morgan fingerprint density at radius 1 is 1.71 bits per heavy atom. The predicted octanol–water partition coefficient (Wildman–Crippen LogP) is 0.153. The maximum absolute atomic E-state index is 10.2. The Kier molecular flexibility index (Phi) is 2.43. The molecule has 1 rings (SSSR count). The van der Waals surface area contributed by atoms with Gasteiger partial charge in [0.1, 0.15) is 0 Å². The van der Waals surface area contributed by atoms with Crippen LogP contribution in [0, 0.1) is 0 Å². The molecule has 0 bridgehead atoms. The van der Waals surface area contributed by atoms with Gasteiger partial charge in [0.25, 0.3) is 0 Å². The van der Waals surface area contributed by atoms with Crippen molar-refractivity contribution in [2.45, 2.75) is 0 Å². The van der Waals surface area contributed by atoms with Gasteiger partial charge in [0.05, 0.1) is 12.1 Å². The molecule has 0 aromatic heterocycles. The Labute approximate surface area is 52.4 Å². The Balaban J connectivity index is 2.40. The molecular weight excluding hydrogens is 154 g/mol. The second kappa shape index (κ2) is 2.90. The second-order valence-electron chi connectivity index (χ2n) is 0.684. The van der Waals surface area contributed by atoms with E-state index in [1.807, 2.05) is 0 Å². The van der Waals surface area contributed by atoms with Crippen LogP contribution in [0.3, 0.4) is 0 Å². The van der Waals surface area contributed by atoms with Crippen molar-refractivity contribution in [1.29, 1.82) is 0 Å². The van der Waals surface area contributed by atoms with Crippen molar-refractivity contribution >= 4 is 35.4 Å². The standard InChI is InChI=1S/H2N3OS3/c4-7-2-5-1-6-3-7/h1H,(H-,2,3,4)/q-1. The van der Waals surface area contributed by atoms with Gasteiger partial charge in [0.2, 0.25) is 0 Å². The van der Waals surface area contributed by atoms with Crippen molar-refractivity contribution in [3.05, 3.63) is 0 Å². The molecule has 7 heavy (non-hydrogen) atoms. The van der Waals surface area contributed by atoms with Crippen LogP contribution in [0.4, 0.5) is 0 Å². The largest absolute Gasteiger partial charge is 0.775 e. The first-order chi connectivity index (χ1) is 3.39. The minimum Gasteiger partial charge on any atom is -0.775 e. The third kappa shape index (κ3) is 1.98. The van der Waals surface area contributed by atoms with Crippen molar-refractivity contribution in [2.75, 3.05) is 0 Å². The summed E-state index contributed by atoms with van der Waals surface area (Å²) in [6, 6.07) is 0. The Morgan fingerprint density at radius 2 is 2.57 bits per heavy atom. The molecule has 0 saturated heterocycles. The smallest absolute Gasteiger partial charge is 0.0783 e. The first kappa shape index (κ1) is 5.86. The lowest BCUT2D eigenvalue weighted by Gasteiger charge is -2.15. The van der Waals surface area contributed by atoms with Crippen LogP contribution in [0.1, 0.15) is 0 Å². The minimum atomic E-state index is -1.20. The number of nitrogens with one attached hydrogen (secondary N) is 2. The average molecular weight is 156 g/mol. The summed E-state index contributed by atoms with van der Waals surface area (Å²) in [5.41, 5.74) is 0. The molecule has 2 N–H and O–H groups in total. The summed E-state index contributed by atoms with van der Waals surface area (Å²) in [5.74, 6) is 0. The van der Waals surface area contributed by atoms with Crippen LogP contribution in [0.25, 0.3) is 0 Å². The zero-order valence-corrected chi connectivity index (χ0v) is 5.53. The van der Waals surface area contributed by atoms with Crippen LogP contribution < -0.4 is 8.25 Å². The van der Waals surface area contributed by atoms with E-state index < -0.39 is 11.2 Å². The molecule has 4 nitrogen and oxygen atoms in total. The summed E-state index contributed by atoms with van der Waals surface area (Å²) in [6.45, 7) is 0. The molecule has 0 radical (unpaired) electrons. The first-order valence-corrected chi connectivity index (χ1v) is 4.04. The van der Waals surface area contributed by atoms with Gasteiger partial charge in [-0.05, 0) is 0 Å². The fraction of sp³-hybridized carbons (Fsp3) is 0. The van der Waals surface area contributed by atoms with Crippen molar-refractivity contribution in [3.8, 4) is 0 Å². The van der Waals surface area contributed by atoms with Gasteiger partial charge in [-0.3, -0.25) is 0 Å². The lowest BCUT2D eigenvalue weighted by molar-refractivity contribution is 0.604. The summed E-state index contributed by atoms with van der Waals surface area (Å²) >= 11 is 1.05. The number of hydrogen-bond acceptors (Lipinski definition) is 6. The summed E-state index contributed by atoms with van der Waals surface area (Å²) < 4.78 is 18.8. The molecule has 7 heteroatoms. The highest BCUT2D eigenvalue weighted by Gasteiger charge is 1.89. The zero-order chi connectivity index (χ0) is 5.11. The van der Waals surface area contributed by atoms with E-state index in [1.165, 1.54) is 12.1 Å². The summed E-state index contributed by atoms with van der Waals surface area (Å²) in [6.07, 6.45) is 0. The van der Waals surface area contributed by atoms with E-state index in [0.29, 0.717) is 0 Å². The van der Waals surface area contributed by atoms with Gasteiger partial charge in [0.15, 0.2) is 0 Å². The monoisotopic (exact) mass is 156 g/mol. The quantitative estimate of drug-likeness (QED) is 0.489. The SMILES string of the molecule is [O-]S1=NSNSN1. The molecule has 0 aromatic carbocycles. The van der Waals surface area contributed by atoms with Gasteiger partial charge in [-0.1, -0.05) is 11.2 Å². The Hall–Kier alpha value is 0.730. The van der Waals surface area contributed by atoms with Gasteiger partial charge in [-0.15, -0.1) is 0 Å². The minimum absolute atomic E-state index is 1.08. The fourth-order valence-corrected chi connectivity index (χ4v) is 2.07. The van der Waals surface area contributed by atoms with Gasteiger partial charge in [-0.25, -0.2) is 0 Å². The van der Waals surface area contributed by atoms with Gasteiger partial charge in [0, 0.05) is 12.1 Å². The molecule has 0 spiro atoms. The molecule has 1 aliphatic heterocycles. The van der Waals surface area contributed by atoms with Crippen molar-refractivity contribution in [1.82, 2.24) is 8.25 Å². The molecule has 1 unspecified atom stereocenters. The number of hydrogen-bond donors (Lipinski definition) is 2. The molecule has 0 amide bonds. The van der Waals surface area contributed by atoms with E-state index in [1.54, 1.807) is 0 Å². The van der Waals surface area contributed by atoms with E-state index in [4.69, 9.17) is 0 Å². The van der Waals surface area contributed by atoms with Crippen LogP contribution in [-0.2, 0) is 11.2 Å². The number of rotatable bonds is 0. The molecule has 1 aliphatic rings. The maximum atomic E-state index is 10.2. The van der Waals surface area contributed by atoms with Crippen molar-refractivity contribution in [2.24, 2.45) is 3.77 Å². The molecule has 0 aromatic rings. The number of nitrogens with zero attached hydrogens (tertiary/aromatic N) is 1. The van der Waals surface area contributed by atoms with E-state index in [9.17, 15) is 4.55 Å². The van der Waals surface area contributed by atoms with Crippen LogP contribution in [-0.4, -0.2) is 4.55 Å². The predicted molar refractivity (Wildman–Crippen MR) is 32.0 cm³/mol. The fourth-order valence-electron chi connectivity index (χ4n) is 0.136. The lowest BCUT2D eigenvalue weighted by atomic mass is 13.8. The molecule has 0 aliphatic carbocycles. The highest BCUT2D eigenvalue weighted by Crippen LogP contribution is 2.08. The van der Waals surface area contributed by atoms with Crippen molar-refractivity contribution < 1.29 is 4.55 Å². The summed E-state index contributed by atoms with van der Waals surface area (Å²) in [7, 11) is 0. The zero-order valence-electron chi connectivity index (χ0n) is 3.08. The third-order valence-corrected chi connectivity index (χ3v) is 2.67. The second-order valence-corrected chi connectivity index (χ2v) is 3.50. The van der Waals surface area contributed by atoms with Gasteiger partial charge < -0.3 is 4.55 Å². The lowest BCUT2D eigenvalue weighted by Crippen LogP contribution is -2.14. The van der Waals surface area contributed by atoms with E-state index in [-0.39, 0.29) is 0 Å². The average Bonchev–Trinajstić information content (AvgIpc) is 1.69. The van der Waals surface area contributed by atoms with Crippen LogP contribution in [0.2, 0.25) is 0 Å². The van der Waals surface area contributed by atoms with Crippen LogP contribution in [0.5, 0.6) is 0 Å². The molecule has 0 saturated carbocycles. The van der Waals surface area contributed by atoms with Crippen molar-refractivity contribution in [3.63, 3.8) is 0 Å².